The summed E-state index contributed by atoms with van der Waals surface area (Å²) in [6.45, 7) is 1.81. The van der Waals surface area contributed by atoms with E-state index < -0.39 is 11.8 Å². The van der Waals surface area contributed by atoms with Crippen LogP contribution in [0.25, 0.3) is 5.69 Å². The SMILES string of the molecule is Cc1cccc(C(=O)Nc2cccc(Oc3cnc[n+](-c4cc(Cl)cc(C(=O)Nc5cccc(Oc6cncnc6)n5)c4)c3)n2)n1. The van der Waals surface area contributed by atoms with Crippen LogP contribution in [0.2, 0.25) is 5.02 Å². The van der Waals surface area contributed by atoms with Crippen molar-refractivity contribution in [1.82, 2.24) is 29.9 Å². The van der Waals surface area contributed by atoms with Gasteiger partial charge in [0, 0.05) is 34.5 Å². The van der Waals surface area contributed by atoms with Gasteiger partial charge in [-0.15, -0.1) is 0 Å². The van der Waals surface area contributed by atoms with Crippen molar-refractivity contribution >= 4 is 35.1 Å². The minimum Gasteiger partial charge on any atom is -0.436 e. The third kappa shape index (κ3) is 7.59. The maximum Gasteiger partial charge on any atom is 0.291 e. The van der Waals surface area contributed by atoms with Gasteiger partial charge in [-0.05, 0) is 43.3 Å². The third-order valence-electron chi connectivity index (χ3n) is 6.14. The molecule has 226 valence electrons. The molecular formula is C32H23ClN9O4+. The van der Waals surface area contributed by atoms with Crippen LogP contribution in [0.1, 0.15) is 26.5 Å². The topological polar surface area (TPSA) is 158 Å². The quantitative estimate of drug-likeness (QED) is 0.198. The van der Waals surface area contributed by atoms with Gasteiger partial charge in [-0.1, -0.05) is 34.8 Å². The average molecular weight is 633 g/mol. The summed E-state index contributed by atoms with van der Waals surface area (Å²) in [6.07, 6.45) is 9.07. The first-order valence-electron chi connectivity index (χ1n) is 13.7. The lowest BCUT2D eigenvalue weighted by Gasteiger charge is -2.09. The van der Waals surface area contributed by atoms with E-state index in [-0.39, 0.29) is 34.7 Å². The maximum absolute atomic E-state index is 13.2. The molecule has 0 saturated carbocycles. The predicted molar refractivity (Wildman–Crippen MR) is 166 cm³/mol. The summed E-state index contributed by atoms with van der Waals surface area (Å²) in [7, 11) is 0. The zero-order chi connectivity index (χ0) is 31.9. The van der Waals surface area contributed by atoms with Crippen LogP contribution in [0, 0.1) is 6.92 Å². The summed E-state index contributed by atoms with van der Waals surface area (Å²) in [5.41, 5.74) is 1.82. The molecule has 0 unspecified atom stereocenters. The number of hydrogen-bond donors (Lipinski definition) is 2. The molecule has 0 aliphatic heterocycles. The number of nitrogens with one attached hydrogen (secondary N) is 2. The lowest BCUT2D eigenvalue weighted by atomic mass is 10.2. The van der Waals surface area contributed by atoms with E-state index in [1.165, 1.54) is 37.3 Å². The largest absolute Gasteiger partial charge is 0.436 e. The van der Waals surface area contributed by atoms with E-state index in [0.717, 1.165) is 5.69 Å². The molecule has 1 aromatic carbocycles. The molecule has 0 bridgehead atoms. The smallest absolute Gasteiger partial charge is 0.291 e. The van der Waals surface area contributed by atoms with Crippen LogP contribution in [-0.4, -0.2) is 41.7 Å². The van der Waals surface area contributed by atoms with E-state index in [9.17, 15) is 9.59 Å². The van der Waals surface area contributed by atoms with Gasteiger partial charge in [0.15, 0.2) is 11.9 Å². The number of anilines is 2. The first kappa shape index (κ1) is 29.7. The fourth-order valence-corrected chi connectivity index (χ4v) is 4.36. The first-order chi connectivity index (χ1) is 22.4. The van der Waals surface area contributed by atoms with E-state index in [2.05, 4.69) is 40.5 Å². The van der Waals surface area contributed by atoms with Crippen LogP contribution in [0.4, 0.5) is 11.6 Å². The van der Waals surface area contributed by atoms with Gasteiger partial charge < -0.3 is 20.1 Å². The highest BCUT2D eigenvalue weighted by Gasteiger charge is 2.16. The molecule has 0 saturated heterocycles. The number of aromatic nitrogens is 7. The molecule has 13 nitrogen and oxygen atoms in total. The van der Waals surface area contributed by atoms with Crippen molar-refractivity contribution in [2.75, 3.05) is 10.6 Å². The van der Waals surface area contributed by atoms with Crippen LogP contribution in [0.15, 0.2) is 110 Å². The summed E-state index contributed by atoms with van der Waals surface area (Å²) in [6, 6.07) is 20.0. The monoisotopic (exact) mass is 632 g/mol. The fourth-order valence-electron chi connectivity index (χ4n) is 4.13. The van der Waals surface area contributed by atoms with Crippen molar-refractivity contribution in [1.29, 1.82) is 0 Å². The number of pyridine rings is 3. The Morgan fingerprint density at radius 1 is 0.739 bits per heavy atom. The molecular weight excluding hydrogens is 610 g/mol. The fraction of sp³-hybridized carbons (Fsp3) is 0.0312. The van der Waals surface area contributed by atoms with Crippen LogP contribution in [0.5, 0.6) is 23.3 Å². The highest BCUT2D eigenvalue weighted by molar-refractivity contribution is 6.31. The molecule has 0 aliphatic rings. The number of hydrogen-bond acceptors (Lipinski definition) is 10. The summed E-state index contributed by atoms with van der Waals surface area (Å²) in [5, 5.41) is 5.80. The molecule has 46 heavy (non-hydrogen) atoms. The maximum atomic E-state index is 13.2. The predicted octanol–water partition coefficient (Wildman–Crippen LogP) is 5.38. The molecule has 0 fully saturated rings. The number of carbonyl (C=O) groups excluding carboxylic acids is 2. The van der Waals surface area contributed by atoms with Crippen molar-refractivity contribution in [3.63, 3.8) is 0 Å². The van der Waals surface area contributed by atoms with Crippen molar-refractivity contribution in [2.24, 2.45) is 0 Å². The molecule has 2 amide bonds. The lowest BCUT2D eigenvalue weighted by Crippen LogP contribution is -2.31. The summed E-state index contributed by atoms with van der Waals surface area (Å²) in [4.78, 5) is 50.8. The second-order valence-corrected chi connectivity index (χ2v) is 10.0. The van der Waals surface area contributed by atoms with E-state index >= 15 is 0 Å². The number of halogens is 1. The average Bonchev–Trinajstić information content (AvgIpc) is 3.05. The third-order valence-corrected chi connectivity index (χ3v) is 6.35. The van der Waals surface area contributed by atoms with Crippen molar-refractivity contribution in [3.8, 4) is 28.9 Å². The highest BCUT2D eigenvalue weighted by Crippen LogP contribution is 2.22. The molecule has 6 rings (SSSR count). The molecule has 0 radical (unpaired) electrons. The molecule has 0 spiro atoms. The van der Waals surface area contributed by atoms with E-state index in [4.69, 9.17) is 21.1 Å². The first-order valence-corrected chi connectivity index (χ1v) is 14.0. The normalized spacial score (nSPS) is 10.6. The van der Waals surface area contributed by atoms with Crippen molar-refractivity contribution in [3.05, 3.63) is 132 Å². The number of amides is 2. The molecule has 0 atom stereocenters. The van der Waals surface area contributed by atoms with E-state index in [1.807, 2.05) is 0 Å². The summed E-state index contributed by atoms with van der Waals surface area (Å²) in [5.74, 6) is 0.937. The van der Waals surface area contributed by atoms with Crippen LogP contribution >= 0.6 is 11.6 Å². The summed E-state index contributed by atoms with van der Waals surface area (Å²) >= 11 is 6.40. The molecule has 6 aromatic rings. The number of carbonyl (C=O) groups is 2. The van der Waals surface area contributed by atoms with Crippen molar-refractivity contribution < 1.29 is 23.6 Å². The second-order valence-electron chi connectivity index (χ2n) is 9.60. The van der Waals surface area contributed by atoms with Gasteiger partial charge in [-0.2, -0.15) is 14.5 Å². The Morgan fingerprint density at radius 3 is 2.11 bits per heavy atom. The van der Waals surface area contributed by atoms with Gasteiger partial charge in [0.2, 0.25) is 17.5 Å². The Hall–Kier alpha value is -6.34. The molecule has 5 heterocycles. The minimum absolute atomic E-state index is 0.221. The number of rotatable bonds is 9. The van der Waals surface area contributed by atoms with Crippen molar-refractivity contribution in [2.45, 2.75) is 6.92 Å². The Kier molecular flexibility index (Phi) is 8.74. The highest BCUT2D eigenvalue weighted by atomic mass is 35.5. The van der Waals surface area contributed by atoms with Gasteiger partial charge >= 0.3 is 0 Å². The van der Waals surface area contributed by atoms with Crippen LogP contribution in [0.3, 0.4) is 0 Å². The van der Waals surface area contributed by atoms with E-state index in [0.29, 0.717) is 22.2 Å². The number of nitrogens with zero attached hydrogens (tertiary/aromatic N) is 7. The summed E-state index contributed by atoms with van der Waals surface area (Å²) < 4.78 is 13.2. The van der Waals surface area contributed by atoms with Gasteiger partial charge in [-0.25, -0.2) is 15.0 Å². The minimum atomic E-state index is -0.443. The zero-order valence-corrected chi connectivity index (χ0v) is 24.8. The molecule has 5 aromatic heterocycles. The second kappa shape index (κ2) is 13.5. The lowest BCUT2D eigenvalue weighted by molar-refractivity contribution is -0.599. The van der Waals surface area contributed by atoms with Crippen LogP contribution < -0.4 is 24.7 Å². The van der Waals surface area contributed by atoms with Gasteiger partial charge in [0.25, 0.3) is 18.1 Å². The molecule has 0 aliphatic carbocycles. The standard InChI is InChI=1S/C32H22ClN9O4/c1-20-5-2-6-26(37-20)32(44)41-28-8-4-10-30(39-28)46-25-16-36-19-42(17-25)23-12-21(11-22(33)13-23)31(43)40-27-7-3-9-29(38-27)45-24-14-34-18-35-15-24/h2-19H,1H3,(H-,38,39,40,41,43,44)/p+1. The Balaban J connectivity index is 1.15. The molecule has 2 N–H and O–H groups in total. The number of ether oxygens (including phenoxy) is 2. The zero-order valence-electron chi connectivity index (χ0n) is 24.0. The number of aryl methyl sites for hydroxylation is 1. The van der Waals surface area contributed by atoms with Gasteiger partial charge in [-0.3, -0.25) is 9.59 Å². The number of benzene rings is 1. The van der Waals surface area contributed by atoms with Gasteiger partial charge in [0.1, 0.15) is 35.5 Å². The Morgan fingerprint density at radius 2 is 1.39 bits per heavy atom. The van der Waals surface area contributed by atoms with Crippen LogP contribution in [-0.2, 0) is 0 Å². The molecule has 14 heteroatoms. The Labute approximate surface area is 267 Å². The van der Waals surface area contributed by atoms with Gasteiger partial charge in [0.05, 0.1) is 12.4 Å². The van der Waals surface area contributed by atoms with E-state index in [1.54, 1.807) is 84.4 Å². The Bertz CT molecular complexity index is 2050.